The molecule has 0 spiro atoms. The number of carbonyl (C=O) groups excluding carboxylic acids is 1. The summed E-state index contributed by atoms with van der Waals surface area (Å²) in [6.07, 6.45) is 4.73. The molecule has 0 radical (unpaired) electrons. The molecule has 2 aliphatic rings. The molecule has 2 rings (SSSR count). The molecular formula is C13H25N3O. The largest absolute Gasteiger partial charge is 0.352 e. The Kier molecular flexibility index (Phi) is 4.80. The number of amides is 1. The van der Waals surface area contributed by atoms with Crippen LogP contribution in [0.15, 0.2) is 0 Å². The Morgan fingerprint density at radius 3 is 3.00 bits per heavy atom. The van der Waals surface area contributed by atoms with E-state index in [9.17, 15) is 4.79 Å². The second-order valence-corrected chi connectivity index (χ2v) is 5.56. The molecule has 0 aromatic heterocycles. The number of hydrogen-bond acceptors (Lipinski definition) is 3. The molecule has 0 aromatic rings. The van der Waals surface area contributed by atoms with Crippen molar-refractivity contribution < 1.29 is 4.79 Å². The van der Waals surface area contributed by atoms with Gasteiger partial charge in [-0.15, -0.1) is 0 Å². The summed E-state index contributed by atoms with van der Waals surface area (Å²) >= 11 is 0. The molecule has 0 aromatic carbocycles. The normalized spacial score (nSPS) is 31.1. The fourth-order valence-electron chi connectivity index (χ4n) is 2.87. The first-order valence-corrected chi connectivity index (χ1v) is 6.96. The molecule has 4 heteroatoms. The van der Waals surface area contributed by atoms with Crippen LogP contribution >= 0.6 is 0 Å². The van der Waals surface area contributed by atoms with E-state index in [1.54, 1.807) is 0 Å². The van der Waals surface area contributed by atoms with E-state index in [4.69, 9.17) is 0 Å². The van der Waals surface area contributed by atoms with Crippen LogP contribution in [0.4, 0.5) is 0 Å². The van der Waals surface area contributed by atoms with Crippen LogP contribution in [0.1, 0.15) is 32.6 Å². The highest BCUT2D eigenvalue weighted by Gasteiger charge is 2.23. The lowest BCUT2D eigenvalue weighted by atomic mass is 10.1. The number of nitrogens with zero attached hydrogens (tertiary/aromatic N) is 1. The van der Waals surface area contributed by atoms with Gasteiger partial charge in [-0.05, 0) is 44.7 Å². The van der Waals surface area contributed by atoms with Crippen molar-refractivity contribution >= 4 is 5.91 Å². The van der Waals surface area contributed by atoms with Gasteiger partial charge in [-0.2, -0.15) is 0 Å². The Bertz CT molecular complexity index is 249. The Morgan fingerprint density at radius 1 is 1.35 bits per heavy atom. The van der Waals surface area contributed by atoms with Crippen LogP contribution in [-0.2, 0) is 4.79 Å². The minimum absolute atomic E-state index is 0.214. The Labute approximate surface area is 104 Å². The van der Waals surface area contributed by atoms with Crippen molar-refractivity contribution in [3.63, 3.8) is 0 Å². The van der Waals surface area contributed by atoms with Crippen LogP contribution in [0, 0.1) is 5.92 Å². The van der Waals surface area contributed by atoms with Gasteiger partial charge in [0.1, 0.15) is 0 Å². The smallest absolute Gasteiger partial charge is 0.234 e. The maximum absolute atomic E-state index is 11.9. The highest BCUT2D eigenvalue weighted by atomic mass is 16.2. The number of hydrogen-bond donors (Lipinski definition) is 2. The van der Waals surface area contributed by atoms with Gasteiger partial charge in [0.2, 0.25) is 5.91 Å². The Hall–Kier alpha value is -0.610. The van der Waals surface area contributed by atoms with Gasteiger partial charge in [0.25, 0.3) is 0 Å². The summed E-state index contributed by atoms with van der Waals surface area (Å²) in [6, 6.07) is 0.433. The fourth-order valence-corrected chi connectivity index (χ4v) is 2.87. The molecule has 2 N–H and O–H groups in total. The summed E-state index contributed by atoms with van der Waals surface area (Å²) < 4.78 is 0. The average Bonchev–Trinajstić information content (AvgIpc) is 2.53. The molecule has 1 saturated heterocycles. The lowest BCUT2D eigenvalue weighted by Crippen LogP contribution is -2.42. The number of carbonyl (C=O) groups is 1. The predicted molar refractivity (Wildman–Crippen MR) is 68.9 cm³/mol. The van der Waals surface area contributed by atoms with Gasteiger partial charge < -0.3 is 10.6 Å². The van der Waals surface area contributed by atoms with E-state index >= 15 is 0 Å². The summed E-state index contributed by atoms with van der Waals surface area (Å²) in [5.74, 6) is 0.994. The second kappa shape index (κ2) is 6.36. The van der Waals surface area contributed by atoms with E-state index in [0.717, 1.165) is 51.4 Å². The van der Waals surface area contributed by atoms with Gasteiger partial charge in [-0.1, -0.05) is 6.92 Å². The van der Waals surface area contributed by atoms with E-state index in [2.05, 4.69) is 22.5 Å². The standard InChI is InChI=1S/C13H25N3O/c1-11-3-4-12(9-11)15-13(17)10-16-7-2-5-14-6-8-16/h11-12,14H,2-10H2,1H3,(H,15,17). The first-order chi connectivity index (χ1) is 8.24. The van der Waals surface area contributed by atoms with Crippen LogP contribution in [0.3, 0.4) is 0 Å². The monoisotopic (exact) mass is 239 g/mol. The van der Waals surface area contributed by atoms with E-state index in [1.165, 1.54) is 6.42 Å². The van der Waals surface area contributed by atoms with Crippen molar-refractivity contribution in [2.24, 2.45) is 5.92 Å². The molecule has 4 nitrogen and oxygen atoms in total. The second-order valence-electron chi connectivity index (χ2n) is 5.56. The molecule has 98 valence electrons. The summed E-state index contributed by atoms with van der Waals surface area (Å²) in [7, 11) is 0. The zero-order valence-electron chi connectivity index (χ0n) is 10.9. The zero-order chi connectivity index (χ0) is 12.1. The third kappa shape index (κ3) is 4.28. The third-order valence-corrected chi connectivity index (χ3v) is 3.86. The first kappa shape index (κ1) is 12.8. The summed E-state index contributed by atoms with van der Waals surface area (Å²) in [6.45, 7) is 6.97. The van der Waals surface area contributed by atoms with Crippen molar-refractivity contribution in [3.8, 4) is 0 Å². The van der Waals surface area contributed by atoms with Gasteiger partial charge in [-0.25, -0.2) is 0 Å². The predicted octanol–water partition coefficient (Wildman–Crippen LogP) is 0.587. The van der Waals surface area contributed by atoms with Crippen LogP contribution in [0.5, 0.6) is 0 Å². The maximum atomic E-state index is 11.9. The Balaban J connectivity index is 1.69. The van der Waals surface area contributed by atoms with Crippen LogP contribution < -0.4 is 10.6 Å². The number of nitrogens with one attached hydrogen (secondary N) is 2. The molecule has 17 heavy (non-hydrogen) atoms. The molecule has 1 amide bonds. The first-order valence-electron chi connectivity index (χ1n) is 6.96. The van der Waals surface area contributed by atoms with E-state index in [-0.39, 0.29) is 5.91 Å². The van der Waals surface area contributed by atoms with Crippen LogP contribution in [0.25, 0.3) is 0 Å². The molecule has 2 fully saturated rings. The highest BCUT2D eigenvalue weighted by molar-refractivity contribution is 5.78. The fraction of sp³-hybridized carbons (Fsp3) is 0.923. The summed E-state index contributed by atoms with van der Waals surface area (Å²) in [4.78, 5) is 14.2. The van der Waals surface area contributed by atoms with E-state index in [1.807, 2.05) is 0 Å². The minimum Gasteiger partial charge on any atom is -0.352 e. The van der Waals surface area contributed by atoms with Crippen LogP contribution in [0.2, 0.25) is 0 Å². The van der Waals surface area contributed by atoms with Crippen molar-refractivity contribution in [3.05, 3.63) is 0 Å². The molecule has 1 heterocycles. The maximum Gasteiger partial charge on any atom is 0.234 e. The van der Waals surface area contributed by atoms with E-state index in [0.29, 0.717) is 12.6 Å². The molecule has 1 aliphatic heterocycles. The molecular weight excluding hydrogens is 214 g/mol. The zero-order valence-corrected chi connectivity index (χ0v) is 10.9. The highest BCUT2D eigenvalue weighted by Crippen LogP contribution is 2.24. The van der Waals surface area contributed by atoms with E-state index < -0.39 is 0 Å². The lowest BCUT2D eigenvalue weighted by Gasteiger charge is -2.20. The molecule has 1 aliphatic carbocycles. The topological polar surface area (TPSA) is 44.4 Å². The van der Waals surface area contributed by atoms with Gasteiger partial charge in [0.05, 0.1) is 6.54 Å². The van der Waals surface area contributed by atoms with Gasteiger partial charge >= 0.3 is 0 Å². The van der Waals surface area contributed by atoms with Crippen molar-refractivity contribution in [2.75, 3.05) is 32.7 Å². The quantitative estimate of drug-likeness (QED) is 0.757. The van der Waals surface area contributed by atoms with Gasteiger partial charge in [-0.3, -0.25) is 9.69 Å². The van der Waals surface area contributed by atoms with Crippen molar-refractivity contribution in [2.45, 2.75) is 38.6 Å². The summed E-state index contributed by atoms with van der Waals surface area (Å²) in [5, 5.41) is 6.53. The third-order valence-electron chi connectivity index (χ3n) is 3.86. The molecule has 2 unspecified atom stereocenters. The van der Waals surface area contributed by atoms with Crippen molar-refractivity contribution in [1.82, 2.24) is 15.5 Å². The number of rotatable bonds is 3. The molecule has 2 atom stereocenters. The molecule has 0 bridgehead atoms. The lowest BCUT2D eigenvalue weighted by molar-refractivity contribution is -0.122. The molecule has 1 saturated carbocycles. The van der Waals surface area contributed by atoms with Gasteiger partial charge in [0, 0.05) is 19.1 Å². The van der Waals surface area contributed by atoms with Crippen LogP contribution in [-0.4, -0.2) is 49.6 Å². The van der Waals surface area contributed by atoms with Crippen molar-refractivity contribution in [1.29, 1.82) is 0 Å². The SMILES string of the molecule is CC1CCC(NC(=O)CN2CCCNCC2)C1. The van der Waals surface area contributed by atoms with Gasteiger partial charge in [0.15, 0.2) is 0 Å². The Morgan fingerprint density at radius 2 is 2.24 bits per heavy atom. The minimum atomic E-state index is 0.214. The average molecular weight is 239 g/mol. The summed E-state index contributed by atoms with van der Waals surface area (Å²) in [5.41, 5.74) is 0.